The van der Waals surface area contributed by atoms with Gasteiger partial charge in [0.05, 0.1) is 0 Å². The van der Waals surface area contributed by atoms with Crippen molar-refractivity contribution in [1.29, 1.82) is 0 Å². The van der Waals surface area contributed by atoms with E-state index in [0.29, 0.717) is 51.9 Å². The van der Waals surface area contributed by atoms with E-state index in [1.165, 1.54) is 0 Å². The summed E-state index contributed by atoms with van der Waals surface area (Å²) in [6, 6.07) is 21.6. The molecule has 4 heterocycles. The fraction of sp³-hybridized carbons (Fsp3) is 0.378. The highest BCUT2D eigenvalue weighted by Gasteiger charge is 2.41. The molecule has 16 heteroatoms. The molecule has 0 aliphatic carbocycles. The number of amides is 5. The molecule has 10 N–H and O–H groups in total. The average Bonchev–Trinajstić information content (AvgIpc) is 3.87. The molecule has 2 aliphatic rings. The number of hydrogen-bond acceptors (Lipinski definition) is 9. The Labute approximate surface area is 358 Å². The molecule has 0 saturated carbocycles. The monoisotopic (exact) mass is 850 g/mol. The summed E-state index contributed by atoms with van der Waals surface area (Å²) in [5, 5.41) is 29.7. The number of para-hydroxylation sites is 1. The molecule has 0 radical (unpaired) electrons. The third-order valence-corrected chi connectivity index (χ3v) is 12.3. The largest absolute Gasteiger partial charge is 0.481 e. The summed E-state index contributed by atoms with van der Waals surface area (Å²) in [5.41, 5.74) is 7.96. The van der Waals surface area contributed by atoms with Crippen LogP contribution >= 0.6 is 11.3 Å². The van der Waals surface area contributed by atoms with Crippen molar-refractivity contribution in [2.45, 2.75) is 75.5 Å². The van der Waals surface area contributed by atoms with E-state index in [-0.39, 0.29) is 31.1 Å². The second kappa shape index (κ2) is 20.9. The zero-order valence-electron chi connectivity index (χ0n) is 34.1. The molecule has 15 nitrogen and oxygen atoms in total. The van der Waals surface area contributed by atoms with Gasteiger partial charge in [-0.3, -0.25) is 28.8 Å². The van der Waals surface area contributed by atoms with E-state index in [2.05, 4.69) is 36.9 Å². The number of carbonyl (C=O) groups is 6. The first-order valence-electron chi connectivity index (χ1n) is 20.6. The first-order valence-corrected chi connectivity index (χ1v) is 21.5. The number of nitrogens with two attached hydrogens (primary N) is 1. The number of fused-ring (bicyclic) bond motifs is 2. The number of aromatic nitrogens is 1. The number of carbonyl (C=O) groups excluding carboxylic acids is 5. The summed E-state index contributed by atoms with van der Waals surface area (Å²) in [5.74, 6) is -3.57. The molecule has 2 saturated heterocycles. The van der Waals surface area contributed by atoms with Crippen molar-refractivity contribution < 1.29 is 33.9 Å². The number of primary amides is 1. The standard InChI is InChI=1S/C43H50N8O5S.C2H4O2/c44-42(56)43(16-20-46-21-17-43)51-41(55)34(22-27-8-2-1-3-9-27)49-39(53)35(23-29-25-47-33-12-6-4-10-31(29)33)50-40(54)36(48-38(52)28-14-18-45-19-15-28)24-30-26-57-37-13-7-5-11-32(30)37;1-2(3)4/h1-13,25-26,28,34-36,45-47H,14-24H2,(H2,44,56)(H,48,52)(H,49,53)(H,50,54)(H,51,55);1H3,(H,3,4)/t34-,35+,36+;/m0./s1. The van der Waals surface area contributed by atoms with Crippen molar-refractivity contribution in [3.63, 3.8) is 0 Å². The van der Waals surface area contributed by atoms with Gasteiger partial charge in [-0.25, -0.2) is 0 Å². The van der Waals surface area contributed by atoms with Crippen molar-refractivity contribution in [3.8, 4) is 0 Å². The number of benzene rings is 3. The van der Waals surface area contributed by atoms with Crippen LogP contribution in [-0.2, 0) is 48.0 Å². The molecule has 2 aromatic heterocycles. The molecule has 0 spiro atoms. The molecule has 3 atom stereocenters. The van der Waals surface area contributed by atoms with Crippen LogP contribution in [0.1, 0.15) is 49.3 Å². The van der Waals surface area contributed by atoms with Crippen molar-refractivity contribution in [2.24, 2.45) is 11.7 Å². The number of thiophene rings is 1. The minimum absolute atomic E-state index is 0.0918. The molecule has 7 rings (SSSR count). The molecule has 5 aromatic rings. The summed E-state index contributed by atoms with van der Waals surface area (Å²) in [6.07, 6.45) is 4.18. The zero-order valence-corrected chi connectivity index (χ0v) is 34.9. The number of piperidine rings is 2. The van der Waals surface area contributed by atoms with E-state index in [0.717, 1.165) is 44.6 Å². The normalized spacial score (nSPS) is 16.5. The third kappa shape index (κ3) is 11.8. The van der Waals surface area contributed by atoms with E-state index in [4.69, 9.17) is 15.6 Å². The van der Waals surface area contributed by atoms with Crippen LogP contribution in [0.2, 0.25) is 0 Å². The minimum atomic E-state index is -1.27. The van der Waals surface area contributed by atoms with Gasteiger partial charge in [-0.1, -0.05) is 66.7 Å². The van der Waals surface area contributed by atoms with E-state index < -0.39 is 53.3 Å². The van der Waals surface area contributed by atoms with Crippen LogP contribution in [-0.4, -0.2) is 95.4 Å². The Morgan fingerprint density at radius 3 is 1.95 bits per heavy atom. The van der Waals surface area contributed by atoms with Crippen molar-refractivity contribution in [2.75, 3.05) is 26.2 Å². The van der Waals surface area contributed by atoms with Crippen LogP contribution in [0.3, 0.4) is 0 Å². The van der Waals surface area contributed by atoms with Crippen molar-refractivity contribution >= 4 is 67.8 Å². The second-order valence-corrected chi connectivity index (χ2v) is 16.5. The molecule has 2 fully saturated rings. The molecular weight excluding hydrogens is 797 g/mol. The van der Waals surface area contributed by atoms with Crippen LogP contribution in [0.25, 0.3) is 21.0 Å². The van der Waals surface area contributed by atoms with Gasteiger partial charge in [-0.2, -0.15) is 0 Å². The lowest BCUT2D eigenvalue weighted by Crippen LogP contribution is -2.65. The van der Waals surface area contributed by atoms with Gasteiger partial charge in [0, 0.05) is 53.9 Å². The van der Waals surface area contributed by atoms with Gasteiger partial charge in [-0.05, 0) is 91.5 Å². The number of H-pyrrole nitrogens is 1. The SMILES string of the molecule is CC(=O)O.NC(=O)C1(NC(=O)[C@H](Cc2ccccc2)NC(=O)[C@@H](Cc2c[nH]c3ccccc23)NC(=O)[C@@H](Cc2csc3ccccc23)NC(=O)C2CCNCC2)CCNCC1. The summed E-state index contributed by atoms with van der Waals surface area (Å²) >= 11 is 1.57. The number of carboxylic acid groups (broad SMARTS) is 1. The van der Waals surface area contributed by atoms with Gasteiger partial charge in [0.25, 0.3) is 5.97 Å². The number of aliphatic carboxylic acids is 1. The number of aromatic amines is 1. The van der Waals surface area contributed by atoms with Crippen LogP contribution in [0.5, 0.6) is 0 Å². The highest BCUT2D eigenvalue weighted by molar-refractivity contribution is 7.17. The molecule has 3 aromatic carbocycles. The number of nitrogens with one attached hydrogen (secondary N) is 7. The quantitative estimate of drug-likeness (QED) is 0.0752. The maximum Gasteiger partial charge on any atom is 0.300 e. The highest BCUT2D eigenvalue weighted by Crippen LogP contribution is 2.27. The van der Waals surface area contributed by atoms with Gasteiger partial charge < -0.3 is 47.7 Å². The molecule has 0 bridgehead atoms. The van der Waals surface area contributed by atoms with E-state index in [9.17, 15) is 24.0 Å². The van der Waals surface area contributed by atoms with E-state index in [1.807, 2.05) is 90.4 Å². The average molecular weight is 851 g/mol. The summed E-state index contributed by atoms with van der Waals surface area (Å²) in [4.78, 5) is 82.0. The molecular formula is C45H54N8O7S. The number of carboxylic acids is 1. The summed E-state index contributed by atoms with van der Waals surface area (Å²) in [7, 11) is 0. The van der Waals surface area contributed by atoms with Crippen molar-refractivity contribution in [1.82, 2.24) is 36.9 Å². The molecule has 5 amide bonds. The van der Waals surface area contributed by atoms with Gasteiger partial charge in [0.2, 0.25) is 29.5 Å². The van der Waals surface area contributed by atoms with Crippen LogP contribution in [0, 0.1) is 5.92 Å². The first-order chi connectivity index (χ1) is 29.4. The Bertz CT molecular complexity index is 2310. The van der Waals surface area contributed by atoms with Gasteiger partial charge in [-0.15, -0.1) is 11.3 Å². The topological polar surface area (TPSA) is 237 Å². The Morgan fingerprint density at radius 1 is 0.721 bits per heavy atom. The predicted octanol–water partition coefficient (Wildman–Crippen LogP) is 2.68. The first kappa shape index (κ1) is 44.5. The lowest BCUT2D eigenvalue weighted by atomic mass is 9.87. The molecule has 322 valence electrons. The van der Waals surface area contributed by atoms with Crippen LogP contribution < -0.4 is 37.6 Å². The summed E-state index contributed by atoms with van der Waals surface area (Å²) in [6.45, 7) is 3.50. The third-order valence-electron chi connectivity index (χ3n) is 11.3. The highest BCUT2D eigenvalue weighted by atomic mass is 32.1. The fourth-order valence-corrected chi connectivity index (χ4v) is 8.91. The van der Waals surface area contributed by atoms with Gasteiger partial charge in [0.15, 0.2) is 0 Å². The number of rotatable bonds is 15. The Kier molecular flexibility index (Phi) is 15.2. The van der Waals surface area contributed by atoms with Crippen LogP contribution in [0.15, 0.2) is 90.4 Å². The van der Waals surface area contributed by atoms with Gasteiger partial charge in [0.1, 0.15) is 23.7 Å². The maximum atomic E-state index is 14.6. The Morgan fingerprint density at radius 2 is 1.28 bits per heavy atom. The van der Waals surface area contributed by atoms with Crippen molar-refractivity contribution in [3.05, 3.63) is 107 Å². The minimum Gasteiger partial charge on any atom is -0.481 e. The lowest BCUT2D eigenvalue weighted by molar-refractivity contribution is -0.136. The number of hydrogen-bond donors (Lipinski definition) is 9. The molecule has 2 aliphatic heterocycles. The van der Waals surface area contributed by atoms with E-state index >= 15 is 0 Å². The van der Waals surface area contributed by atoms with Crippen LogP contribution in [0.4, 0.5) is 0 Å². The fourth-order valence-electron chi connectivity index (χ4n) is 7.94. The van der Waals surface area contributed by atoms with Gasteiger partial charge >= 0.3 is 0 Å². The smallest absolute Gasteiger partial charge is 0.300 e. The predicted molar refractivity (Wildman–Crippen MR) is 235 cm³/mol. The summed E-state index contributed by atoms with van der Waals surface area (Å²) < 4.78 is 1.07. The van der Waals surface area contributed by atoms with E-state index in [1.54, 1.807) is 11.3 Å². The lowest BCUT2D eigenvalue weighted by Gasteiger charge is -2.36. The maximum absolute atomic E-state index is 14.6. The molecule has 61 heavy (non-hydrogen) atoms. The Hall–Kier alpha value is -6.10. The Balaban J connectivity index is 0.00000149. The second-order valence-electron chi connectivity index (χ2n) is 15.6. The zero-order chi connectivity index (χ0) is 43.4. The molecule has 0 unspecified atom stereocenters.